The minimum absolute atomic E-state index is 0.139. The monoisotopic (exact) mass is 445 g/mol. The van der Waals surface area contributed by atoms with Crippen molar-refractivity contribution in [1.82, 2.24) is 10.0 Å². The fraction of sp³-hybridized carbons (Fsp3) is 0.333. The van der Waals surface area contributed by atoms with Crippen LogP contribution in [0.1, 0.15) is 19.4 Å². The second-order valence-electron chi connectivity index (χ2n) is 7.42. The van der Waals surface area contributed by atoms with E-state index in [0.29, 0.717) is 22.8 Å². The fourth-order valence-electron chi connectivity index (χ4n) is 3.29. The Labute approximate surface area is 180 Å². The highest BCUT2D eigenvalue weighted by Gasteiger charge is 2.32. The van der Waals surface area contributed by atoms with Gasteiger partial charge >= 0.3 is 0 Å². The van der Waals surface area contributed by atoms with Gasteiger partial charge in [-0.05, 0) is 30.2 Å². The standard InChI is InChI=1S/C21H23N3O6S/c1-13(2)19(23-20-15-5-3-4-6-18(15)31(26,27)24-20)21(25)22-9-10-28-14-7-8-16-17(11-14)30-12-29-16/h3-8,11,13,19H,9-10,12H2,1-2H3,(H,22,25)(H,23,24)/t19-/m0/s1. The number of benzene rings is 2. The Balaban J connectivity index is 1.38. The highest BCUT2D eigenvalue weighted by molar-refractivity contribution is 7.90. The topological polar surface area (TPSA) is 115 Å². The molecule has 1 atom stereocenters. The Bertz CT molecular complexity index is 1130. The first-order chi connectivity index (χ1) is 14.8. The maximum Gasteiger partial charge on any atom is 0.263 e. The predicted octanol–water partition coefficient (Wildman–Crippen LogP) is 1.67. The van der Waals surface area contributed by atoms with Crippen molar-refractivity contribution in [3.8, 4) is 17.2 Å². The number of fused-ring (bicyclic) bond motifs is 2. The Morgan fingerprint density at radius 2 is 1.97 bits per heavy atom. The molecule has 0 fully saturated rings. The van der Waals surface area contributed by atoms with Crippen LogP contribution < -0.4 is 24.2 Å². The lowest BCUT2D eigenvalue weighted by atomic mass is 10.0. The van der Waals surface area contributed by atoms with Crippen LogP contribution in [0.15, 0.2) is 52.4 Å². The Kier molecular flexibility index (Phi) is 5.73. The SMILES string of the molecule is CC(C)[C@H](N=C1NS(=O)(=O)c2ccccc21)C(=O)NCCOc1ccc2c(c1)OCO2. The molecule has 0 radical (unpaired) electrons. The summed E-state index contributed by atoms with van der Waals surface area (Å²) < 4.78 is 43.2. The molecule has 0 unspecified atom stereocenters. The maximum atomic E-state index is 12.7. The van der Waals surface area contributed by atoms with Gasteiger partial charge in [0.05, 0.1) is 11.4 Å². The second-order valence-corrected chi connectivity index (χ2v) is 9.07. The Hall–Kier alpha value is -3.27. The van der Waals surface area contributed by atoms with Gasteiger partial charge in [0.2, 0.25) is 12.7 Å². The summed E-state index contributed by atoms with van der Waals surface area (Å²) >= 11 is 0. The lowest BCUT2D eigenvalue weighted by molar-refractivity contribution is -0.123. The van der Waals surface area contributed by atoms with Gasteiger partial charge in [-0.1, -0.05) is 26.0 Å². The van der Waals surface area contributed by atoms with Crippen LogP contribution in [0.4, 0.5) is 0 Å². The summed E-state index contributed by atoms with van der Waals surface area (Å²) in [6.07, 6.45) is 0. The number of aliphatic imine (C=N–C) groups is 1. The second kappa shape index (κ2) is 8.46. The number of rotatable bonds is 7. The molecule has 2 aliphatic heterocycles. The highest BCUT2D eigenvalue weighted by atomic mass is 32.2. The predicted molar refractivity (Wildman–Crippen MR) is 113 cm³/mol. The zero-order chi connectivity index (χ0) is 22.0. The zero-order valence-corrected chi connectivity index (χ0v) is 17.9. The average molecular weight is 445 g/mol. The summed E-state index contributed by atoms with van der Waals surface area (Å²) in [4.78, 5) is 17.3. The molecule has 2 N–H and O–H groups in total. The third-order valence-corrected chi connectivity index (χ3v) is 6.24. The van der Waals surface area contributed by atoms with E-state index in [0.717, 1.165) is 0 Å². The van der Waals surface area contributed by atoms with E-state index in [1.165, 1.54) is 6.07 Å². The molecular formula is C21H23N3O6S. The average Bonchev–Trinajstić information content (AvgIpc) is 3.31. The first kappa shape index (κ1) is 21.0. The molecule has 1 amide bonds. The van der Waals surface area contributed by atoms with E-state index in [-0.39, 0.29) is 42.5 Å². The van der Waals surface area contributed by atoms with Crippen LogP contribution in [0.25, 0.3) is 0 Å². The number of amides is 1. The number of amidine groups is 1. The molecule has 2 aromatic carbocycles. The number of ether oxygens (including phenoxy) is 3. The van der Waals surface area contributed by atoms with E-state index in [2.05, 4.69) is 15.0 Å². The normalized spacial score (nSPS) is 17.8. The lowest BCUT2D eigenvalue weighted by Gasteiger charge is -2.17. The van der Waals surface area contributed by atoms with Crippen LogP contribution in [0.5, 0.6) is 17.2 Å². The van der Waals surface area contributed by atoms with Crippen molar-refractivity contribution in [1.29, 1.82) is 0 Å². The first-order valence-electron chi connectivity index (χ1n) is 9.85. The molecule has 0 saturated carbocycles. The van der Waals surface area contributed by atoms with Gasteiger partial charge in [0, 0.05) is 11.6 Å². The van der Waals surface area contributed by atoms with Crippen LogP contribution in [-0.4, -0.2) is 46.1 Å². The molecule has 0 aromatic heterocycles. The van der Waals surface area contributed by atoms with Crippen molar-refractivity contribution in [2.24, 2.45) is 10.9 Å². The molecule has 2 aromatic rings. The minimum atomic E-state index is -3.66. The largest absolute Gasteiger partial charge is 0.492 e. The van der Waals surface area contributed by atoms with Crippen LogP contribution in [-0.2, 0) is 14.8 Å². The number of hydrogen-bond acceptors (Lipinski definition) is 7. The van der Waals surface area contributed by atoms with Crippen molar-refractivity contribution in [2.75, 3.05) is 19.9 Å². The van der Waals surface area contributed by atoms with Gasteiger partial charge in [-0.2, -0.15) is 0 Å². The van der Waals surface area contributed by atoms with Gasteiger partial charge in [0.1, 0.15) is 24.2 Å². The van der Waals surface area contributed by atoms with Gasteiger partial charge in [-0.25, -0.2) is 8.42 Å². The molecular weight excluding hydrogens is 422 g/mol. The van der Waals surface area contributed by atoms with Crippen LogP contribution >= 0.6 is 0 Å². The Morgan fingerprint density at radius 1 is 1.19 bits per heavy atom. The third kappa shape index (κ3) is 4.43. The van der Waals surface area contributed by atoms with Crippen molar-refractivity contribution in [2.45, 2.75) is 24.8 Å². The summed E-state index contributed by atoms with van der Waals surface area (Å²) in [5.41, 5.74) is 0.465. The van der Waals surface area contributed by atoms with Crippen LogP contribution in [0.3, 0.4) is 0 Å². The van der Waals surface area contributed by atoms with E-state index >= 15 is 0 Å². The molecule has 2 aliphatic rings. The number of nitrogens with zero attached hydrogens (tertiary/aromatic N) is 1. The summed E-state index contributed by atoms with van der Waals surface area (Å²) in [6, 6.07) is 11.1. The Morgan fingerprint density at radius 3 is 2.77 bits per heavy atom. The van der Waals surface area contributed by atoms with Crippen molar-refractivity contribution in [3.63, 3.8) is 0 Å². The van der Waals surface area contributed by atoms with Gasteiger partial charge < -0.3 is 19.5 Å². The molecule has 2 heterocycles. The van der Waals surface area contributed by atoms with Gasteiger partial charge in [0.25, 0.3) is 10.0 Å². The molecule has 0 spiro atoms. The maximum absolute atomic E-state index is 12.7. The van der Waals surface area contributed by atoms with E-state index in [1.807, 2.05) is 13.8 Å². The number of hydrogen-bond donors (Lipinski definition) is 2. The number of carbonyl (C=O) groups excluding carboxylic acids is 1. The molecule has 10 heteroatoms. The van der Waals surface area contributed by atoms with Crippen molar-refractivity contribution in [3.05, 3.63) is 48.0 Å². The number of carbonyl (C=O) groups is 1. The van der Waals surface area contributed by atoms with Crippen molar-refractivity contribution < 1.29 is 27.4 Å². The van der Waals surface area contributed by atoms with E-state index in [4.69, 9.17) is 14.2 Å². The smallest absolute Gasteiger partial charge is 0.263 e. The van der Waals surface area contributed by atoms with Crippen LogP contribution in [0.2, 0.25) is 0 Å². The quantitative estimate of drug-likeness (QED) is 0.627. The molecule has 0 saturated heterocycles. The van der Waals surface area contributed by atoms with Gasteiger partial charge in [-0.15, -0.1) is 0 Å². The highest BCUT2D eigenvalue weighted by Crippen LogP contribution is 2.35. The summed E-state index contributed by atoms with van der Waals surface area (Å²) in [7, 11) is -3.66. The van der Waals surface area contributed by atoms with Crippen LogP contribution in [0, 0.1) is 5.92 Å². The molecule has 0 aliphatic carbocycles. The zero-order valence-electron chi connectivity index (χ0n) is 17.1. The van der Waals surface area contributed by atoms with E-state index in [9.17, 15) is 13.2 Å². The molecule has 4 rings (SSSR count). The minimum Gasteiger partial charge on any atom is -0.492 e. The number of nitrogens with one attached hydrogen (secondary N) is 2. The third-order valence-electron chi connectivity index (χ3n) is 4.85. The van der Waals surface area contributed by atoms with Gasteiger partial charge in [-0.3, -0.25) is 14.5 Å². The summed E-state index contributed by atoms with van der Waals surface area (Å²) in [6.45, 7) is 4.42. The van der Waals surface area contributed by atoms with E-state index < -0.39 is 16.1 Å². The molecule has 0 bridgehead atoms. The van der Waals surface area contributed by atoms with Gasteiger partial charge in [0.15, 0.2) is 11.5 Å². The fourth-order valence-corrected chi connectivity index (χ4v) is 4.53. The summed E-state index contributed by atoms with van der Waals surface area (Å²) in [5.74, 6) is 1.64. The summed E-state index contributed by atoms with van der Waals surface area (Å²) in [5, 5.41) is 2.80. The first-order valence-corrected chi connectivity index (χ1v) is 11.3. The lowest BCUT2D eigenvalue weighted by Crippen LogP contribution is -2.40. The van der Waals surface area contributed by atoms with E-state index in [1.54, 1.807) is 36.4 Å². The number of sulfonamides is 1. The van der Waals surface area contributed by atoms with Crippen molar-refractivity contribution >= 4 is 21.8 Å². The molecule has 164 valence electrons. The molecule has 9 nitrogen and oxygen atoms in total. The molecule has 31 heavy (non-hydrogen) atoms.